The number of carboxylic acids is 1. The molecule has 0 aromatic heterocycles. The molecule has 10 atom stereocenters. The summed E-state index contributed by atoms with van der Waals surface area (Å²) in [5.74, 6) is -2.93. The summed E-state index contributed by atoms with van der Waals surface area (Å²) in [6.45, 7) is 9.93. The second kappa shape index (κ2) is 12.9. The van der Waals surface area contributed by atoms with Crippen molar-refractivity contribution >= 4 is 23.8 Å². The van der Waals surface area contributed by atoms with Gasteiger partial charge in [-0.1, -0.05) is 34.1 Å². The fraction of sp³-hybridized carbons (Fsp3) is 0.862. The Morgan fingerprint density at radius 2 is 1.78 bits per heavy atom. The maximum Gasteiger partial charge on any atom is 0.326 e. The van der Waals surface area contributed by atoms with Crippen molar-refractivity contribution in [2.45, 2.75) is 122 Å². The third-order valence-corrected chi connectivity index (χ3v) is 9.60. The van der Waals surface area contributed by atoms with E-state index in [1.165, 1.54) is 0 Å². The lowest BCUT2D eigenvalue weighted by molar-refractivity contribution is -0.576. The van der Waals surface area contributed by atoms with E-state index in [1.54, 1.807) is 6.92 Å². The fourth-order valence-corrected chi connectivity index (χ4v) is 6.90. The molecule has 1 aliphatic carbocycles. The molecule has 4 aliphatic heterocycles. The zero-order valence-corrected chi connectivity index (χ0v) is 24.8. The standard InChI is InChI=1S/C29H46N2O10/c1-6-16(2)24(25(35)36)31-22(33)8-7-15-30-21(32)11-12-23(34)37-26-18(4)20-10-9-17(3)19-13-14-28(5)39-27(38-26)29(19,20)41-40-28/h16-20,24,26-27H,6-15H2,1-5H3,(H,30,32)(H,31,33)(H,35,36)/t16-,17-,18+,19+,20-,24-,26-,27+,28-,29+/m1/s1. The van der Waals surface area contributed by atoms with Gasteiger partial charge in [0, 0.05) is 37.6 Å². The maximum absolute atomic E-state index is 12.7. The second-order valence-electron chi connectivity index (χ2n) is 12.5. The van der Waals surface area contributed by atoms with Crippen LogP contribution in [-0.4, -0.2) is 65.4 Å². The maximum atomic E-state index is 12.7. The first-order valence-electron chi connectivity index (χ1n) is 15.1. The highest BCUT2D eigenvalue weighted by atomic mass is 17.3. The number of ether oxygens (including phenoxy) is 3. The van der Waals surface area contributed by atoms with Crippen molar-refractivity contribution in [3.05, 3.63) is 0 Å². The SMILES string of the molecule is CC[C@@H](C)[C@@H](NC(=O)CCCNC(=O)CCC(=O)O[C@@H]1O[C@H]2O[C@@]3(C)CC[C@H]4[C@H](C)CC[C@H]([C@@H]1C)[C@]24OO3)C(=O)O. The smallest absolute Gasteiger partial charge is 0.326 e. The summed E-state index contributed by atoms with van der Waals surface area (Å²) >= 11 is 0. The second-order valence-corrected chi connectivity index (χ2v) is 12.5. The van der Waals surface area contributed by atoms with E-state index in [-0.39, 0.29) is 61.3 Å². The predicted octanol–water partition coefficient (Wildman–Crippen LogP) is 3.03. The minimum Gasteiger partial charge on any atom is -0.480 e. The third-order valence-electron chi connectivity index (χ3n) is 9.60. The van der Waals surface area contributed by atoms with Crippen LogP contribution < -0.4 is 10.6 Å². The summed E-state index contributed by atoms with van der Waals surface area (Å²) in [6.07, 6.45) is 2.84. The number of fused-ring (bicyclic) bond motifs is 2. The molecule has 41 heavy (non-hydrogen) atoms. The predicted molar refractivity (Wildman–Crippen MR) is 143 cm³/mol. The Balaban J connectivity index is 1.21. The van der Waals surface area contributed by atoms with Gasteiger partial charge in [-0.2, -0.15) is 0 Å². The number of amides is 2. The van der Waals surface area contributed by atoms with Crippen LogP contribution in [-0.2, 0) is 43.2 Å². The molecule has 12 nitrogen and oxygen atoms in total. The molecule has 3 N–H and O–H groups in total. The number of hydrogen-bond acceptors (Lipinski definition) is 9. The Bertz CT molecular complexity index is 993. The van der Waals surface area contributed by atoms with E-state index in [2.05, 4.69) is 17.6 Å². The van der Waals surface area contributed by atoms with Crippen LogP contribution in [0.1, 0.15) is 92.4 Å². The molecular formula is C29H46N2O10. The highest BCUT2D eigenvalue weighted by Crippen LogP contribution is 2.60. The van der Waals surface area contributed by atoms with Crippen LogP contribution in [0.4, 0.5) is 0 Å². The van der Waals surface area contributed by atoms with E-state index in [1.807, 2.05) is 20.8 Å². The van der Waals surface area contributed by atoms with Crippen LogP contribution in [0.3, 0.4) is 0 Å². The van der Waals surface area contributed by atoms with Gasteiger partial charge in [0.25, 0.3) is 0 Å². The summed E-state index contributed by atoms with van der Waals surface area (Å²) in [7, 11) is 0. The van der Waals surface area contributed by atoms with E-state index in [9.17, 15) is 24.3 Å². The first kappa shape index (κ1) is 31.7. The molecule has 4 heterocycles. The van der Waals surface area contributed by atoms with Gasteiger partial charge in [-0.15, -0.1) is 0 Å². The molecule has 4 saturated heterocycles. The van der Waals surface area contributed by atoms with E-state index in [4.69, 9.17) is 24.0 Å². The molecule has 5 aliphatic rings. The average Bonchev–Trinajstić information content (AvgIpc) is 3.16. The highest BCUT2D eigenvalue weighted by Gasteiger charge is 2.69. The average molecular weight is 583 g/mol. The van der Waals surface area contributed by atoms with Crippen molar-refractivity contribution in [2.75, 3.05) is 6.54 Å². The van der Waals surface area contributed by atoms with E-state index in [0.717, 1.165) is 19.3 Å². The van der Waals surface area contributed by atoms with Crippen molar-refractivity contribution in [2.24, 2.45) is 29.6 Å². The number of carbonyl (C=O) groups is 4. The Morgan fingerprint density at radius 3 is 2.49 bits per heavy atom. The van der Waals surface area contributed by atoms with E-state index < -0.39 is 41.9 Å². The molecule has 2 amide bonds. The molecular weight excluding hydrogens is 536 g/mol. The minimum atomic E-state index is -1.07. The summed E-state index contributed by atoms with van der Waals surface area (Å²) in [5, 5.41) is 14.5. The van der Waals surface area contributed by atoms with Gasteiger partial charge in [-0.05, 0) is 50.4 Å². The number of hydrogen-bond donors (Lipinski definition) is 3. The largest absolute Gasteiger partial charge is 0.480 e. The van der Waals surface area contributed by atoms with Gasteiger partial charge in [-0.25, -0.2) is 14.6 Å². The zero-order chi connectivity index (χ0) is 29.9. The van der Waals surface area contributed by atoms with Crippen molar-refractivity contribution in [3.63, 3.8) is 0 Å². The normalized spacial score (nSPS) is 37.2. The van der Waals surface area contributed by atoms with Crippen LogP contribution in [0.2, 0.25) is 0 Å². The Morgan fingerprint density at radius 1 is 1.02 bits per heavy atom. The number of carbonyl (C=O) groups excluding carboxylic acids is 3. The molecule has 2 bridgehead atoms. The Labute approximate surface area is 241 Å². The third kappa shape index (κ3) is 6.71. The summed E-state index contributed by atoms with van der Waals surface area (Å²) in [4.78, 5) is 60.4. The van der Waals surface area contributed by atoms with Crippen LogP contribution in [0.25, 0.3) is 0 Å². The lowest BCUT2D eigenvalue weighted by Gasteiger charge is -2.59. The van der Waals surface area contributed by atoms with Gasteiger partial charge in [0.05, 0.1) is 6.42 Å². The number of rotatable bonds is 12. The van der Waals surface area contributed by atoms with Gasteiger partial charge in [0.1, 0.15) is 6.04 Å². The van der Waals surface area contributed by atoms with Gasteiger partial charge in [0.2, 0.25) is 23.9 Å². The van der Waals surface area contributed by atoms with Gasteiger partial charge in [-0.3, -0.25) is 14.4 Å². The van der Waals surface area contributed by atoms with Crippen LogP contribution in [0.5, 0.6) is 0 Å². The molecule has 0 radical (unpaired) electrons. The van der Waals surface area contributed by atoms with Crippen molar-refractivity contribution in [3.8, 4) is 0 Å². The number of carboxylic acid groups (broad SMARTS) is 1. The topological polar surface area (TPSA) is 159 Å². The molecule has 232 valence electrons. The van der Waals surface area contributed by atoms with Gasteiger partial charge < -0.3 is 30.0 Å². The Kier molecular flexibility index (Phi) is 9.98. The van der Waals surface area contributed by atoms with Crippen LogP contribution in [0, 0.1) is 29.6 Å². The van der Waals surface area contributed by atoms with E-state index in [0.29, 0.717) is 25.2 Å². The molecule has 0 aromatic rings. The molecule has 0 aromatic carbocycles. The number of esters is 1. The summed E-state index contributed by atoms with van der Waals surface area (Å²) < 4.78 is 18.3. The first-order chi connectivity index (χ1) is 19.4. The van der Waals surface area contributed by atoms with Crippen molar-refractivity contribution in [1.29, 1.82) is 0 Å². The summed E-state index contributed by atoms with van der Waals surface area (Å²) in [5.41, 5.74) is -0.741. The number of nitrogens with one attached hydrogen (secondary N) is 2. The highest BCUT2D eigenvalue weighted by molar-refractivity contribution is 5.84. The molecule has 1 saturated carbocycles. The molecule has 1 spiro atoms. The van der Waals surface area contributed by atoms with Crippen LogP contribution in [0.15, 0.2) is 0 Å². The van der Waals surface area contributed by atoms with E-state index >= 15 is 0 Å². The molecule has 12 heteroatoms. The van der Waals surface area contributed by atoms with Gasteiger partial charge in [0.15, 0.2) is 11.9 Å². The molecule has 5 fully saturated rings. The molecule has 5 rings (SSSR count). The van der Waals surface area contributed by atoms with Crippen molar-refractivity contribution < 1.29 is 48.3 Å². The zero-order valence-electron chi connectivity index (χ0n) is 24.8. The lowest BCUT2D eigenvalue weighted by Crippen LogP contribution is -2.70. The Hall–Kier alpha value is -2.28. The number of aliphatic carboxylic acids is 1. The first-order valence-corrected chi connectivity index (χ1v) is 15.1. The van der Waals surface area contributed by atoms with Crippen LogP contribution >= 0.6 is 0 Å². The van der Waals surface area contributed by atoms with Crippen molar-refractivity contribution in [1.82, 2.24) is 10.6 Å². The fourth-order valence-electron chi connectivity index (χ4n) is 6.90. The minimum absolute atomic E-state index is 0.0272. The lowest BCUT2D eigenvalue weighted by atomic mass is 9.58. The monoisotopic (exact) mass is 582 g/mol. The molecule has 0 unspecified atom stereocenters. The quantitative estimate of drug-likeness (QED) is 0.177. The summed E-state index contributed by atoms with van der Waals surface area (Å²) in [6, 6.07) is -0.939. The van der Waals surface area contributed by atoms with Gasteiger partial charge >= 0.3 is 11.9 Å².